The Bertz CT molecular complexity index is 1320. The maximum absolute atomic E-state index is 12.4. The normalized spacial score (nSPS) is 10.6. The highest BCUT2D eigenvalue weighted by atomic mass is 32.2. The molecule has 0 aliphatic rings. The molecule has 8 heteroatoms. The second-order valence-electron chi connectivity index (χ2n) is 7.36. The van der Waals surface area contributed by atoms with Gasteiger partial charge in [-0.25, -0.2) is 0 Å². The number of hydrogen-bond acceptors (Lipinski definition) is 4. The Balaban J connectivity index is 1.29. The van der Waals surface area contributed by atoms with E-state index in [-0.39, 0.29) is 17.4 Å². The van der Waals surface area contributed by atoms with Gasteiger partial charge < -0.3 is 20.9 Å². The van der Waals surface area contributed by atoms with Crippen LogP contribution in [0.25, 0.3) is 10.9 Å². The summed E-state index contributed by atoms with van der Waals surface area (Å²) in [6.45, 7) is 1.53. The summed E-state index contributed by atoms with van der Waals surface area (Å²) in [5.74, 6) is 0.236. The van der Waals surface area contributed by atoms with Gasteiger partial charge in [-0.1, -0.05) is 12.1 Å². The number of benzene rings is 3. The highest BCUT2D eigenvalue weighted by Gasteiger charge is 2.07. The van der Waals surface area contributed by atoms with Gasteiger partial charge in [0.1, 0.15) is 0 Å². The largest absolute Gasteiger partial charge is 0.361 e. The van der Waals surface area contributed by atoms with Gasteiger partial charge in [0.2, 0.25) is 5.91 Å². The van der Waals surface area contributed by atoms with Crippen LogP contribution in [-0.2, 0) is 4.79 Å². The molecule has 0 atom stereocenters. The lowest BCUT2D eigenvalue weighted by Crippen LogP contribution is -2.19. The van der Waals surface area contributed by atoms with Crippen molar-refractivity contribution < 1.29 is 9.59 Å². The van der Waals surface area contributed by atoms with Gasteiger partial charge in [-0.3, -0.25) is 9.59 Å². The minimum Gasteiger partial charge on any atom is -0.361 e. The summed E-state index contributed by atoms with van der Waals surface area (Å²) in [7, 11) is 0. The number of nitrogens with one attached hydrogen (secondary N) is 4. The van der Waals surface area contributed by atoms with Crippen molar-refractivity contribution in [3.05, 3.63) is 84.6 Å². The van der Waals surface area contributed by atoms with Gasteiger partial charge in [0.25, 0.3) is 0 Å². The summed E-state index contributed by atoms with van der Waals surface area (Å²) in [6, 6.07) is 22.6. The molecule has 0 aliphatic heterocycles. The lowest BCUT2D eigenvalue weighted by atomic mass is 10.1. The van der Waals surface area contributed by atoms with Gasteiger partial charge in [0.05, 0.1) is 5.75 Å². The molecule has 1 aromatic heterocycles. The summed E-state index contributed by atoms with van der Waals surface area (Å²) in [4.78, 5) is 27.9. The molecule has 4 aromatic rings. The van der Waals surface area contributed by atoms with Gasteiger partial charge in [0.15, 0.2) is 10.9 Å². The minimum atomic E-state index is -0.0736. The first-order chi connectivity index (χ1) is 16.0. The second-order valence-corrected chi connectivity index (χ2v) is 8.81. The van der Waals surface area contributed by atoms with Crippen LogP contribution in [0, 0.1) is 0 Å². The van der Waals surface area contributed by atoms with E-state index in [2.05, 4.69) is 20.9 Å². The molecule has 1 amide bonds. The standard InChI is InChI=1S/C25H22N4O2S2/c1-16(30)17-5-8-19(9-6-17)28-25(32)29-20-3-2-4-22(13-20)33-15-24(31)27-21-10-7-18-11-12-26-23(18)14-21/h2-14,26H,15H2,1H3,(H,27,31)(H2,28,29,32). The van der Waals surface area contributed by atoms with E-state index in [4.69, 9.17) is 12.2 Å². The number of H-pyrrole nitrogens is 1. The van der Waals surface area contributed by atoms with Crippen LogP contribution in [0.4, 0.5) is 17.1 Å². The van der Waals surface area contributed by atoms with Crippen LogP contribution in [0.15, 0.2) is 83.9 Å². The molecule has 0 saturated heterocycles. The van der Waals surface area contributed by atoms with E-state index in [9.17, 15) is 9.59 Å². The molecule has 4 rings (SSSR count). The maximum atomic E-state index is 12.4. The summed E-state index contributed by atoms with van der Waals surface area (Å²) < 4.78 is 0. The third kappa shape index (κ3) is 6.21. The van der Waals surface area contributed by atoms with Crippen LogP contribution in [0.2, 0.25) is 0 Å². The van der Waals surface area contributed by atoms with E-state index in [0.717, 1.165) is 32.9 Å². The average Bonchev–Trinajstić information content (AvgIpc) is 3.26. The Morgan fingerprint density at radius 1 is 0.879 bits per heavy atom. The molecule has 0 aliphatic carbocycles. The molecule has 166 valence electrons. The highest BCUT2D eigenvalue weighted by molar-refractivity contribution is 8.00. The predicted molar refractivity (Wildman–Crippen MR) is 140 cm³/mol. The Morgan fingerprint density at radius 2 is 1.61 bits per heavy atom. The van der Waals surface area contributed by atoms with E-state index < -0.39 is 0 Å². The zero-order valence-electron chi connectivity index (χ0n) is 17.8. The van der Waals surface area contributed by atoms with Gasteiger partial charge >= 0.3 is 0 Å². The zero-order chi connectivity index (χ0) is 23.2. The van der Waals surface area contributed by atoms with Crippen molar-refractivity contribution in [2.75, 3.05) is 21.7 Å². The predicted octanol–water partition coefficient (Wildman–Crippen LogP) is 5.91. The van der Waals surface area contributed by atoms with Crippen molar-refractivity contribution in [3.8, 4) is 0 Å². The van der Waals surface area contributed by atoms with Gasteiger partial charge in [-0.15, -0.1) is 11.8 Å². The van der Waals surface area contributed by atoms with Crippen molar-refractivity contribution in [1.82, 2.24) is 4.98 Å². The minimum absolute atomic E-state index is 0.0202. The number of carbonyl (C=O) groups is 2. The second kappa shape index (κ2) is 10.3. The number of anilines is 3. The number of hydrogen-bond donors (Lipinski definition) is 4. The molecule has 1 heterocycles. The molecule has 0 radical (unpaired) electrons. The van der Waals surface area contributed by atoms with Crippen LogP contribution in [0.3, 0.4) is 0 Å². The van der Waals surface area contributed by atoms with Crippen molar-refractivity contribution in [2.24, 2.45) is 0 Å². The van der Waals surface area contributed by atoms with E-state index in [1.54, 1.807) is 12.1 Å². The quantitative estimate of drug-likeness (QED) is 0.151. The lowest BCUT2D eigenvalue weighted by molar-refractivity contribution is -0.113. The molecule has 0 fully saturated rings. The number of carbonyl (C=O) groups excluding carboxylic acids is 2. The van der Waals surface area contributed by atoms with Crippen LogP contribution >= 0.6 is 24.0 Å². The third-order valence-electron chi connectivity index (χ3n) is 4.85. The number of fused-ring (bicyclic) bond motifs is 1. The summed E-state index contributed by atoms with van der Waals surface area (Å²) >= 11 is 6.84. The smallest absolute Gasteiger partial charge is 0.234 e. The monoisotopic (exact) mass is 474 g/mol. The fourth-order valence-corrected chi connectivity index (χ4v) is 4.21. The number of Topliss-reactive ketones (excluding diaryl/α,β-unsaturated/α-hetero) is 1. The molecule has 4 N–H and O–H groups in total. The SMILES string of the molecule is CC(=O)c1ccc(NC(=S)Nc2cccc(SCC(=O)Nc3ccc4cc[nH]c4c3)c2)cc1. The Labute approximate surface area is 201 Å². The zero-order valence-corrected chi connectivity index (χ0v) is 19.5. The molecular formula is C25H22N4O2S2. The number of thioether (sulfide) groups is 1. The Hall–Kier alpha value is -3.62. The number of aromatic amines is 1. The maximum Gasteiger partial charge on any atom is 0.234 e. The van der Waals surface area contributed by atoms with Crippen LogP contribution in [0.1, 0.15) is 17.3 Å². The number of aromatic nitrogens is 1. The first-order valence-electron chi connectivity index (χ1n) is 10.3. The molecule has 3 aromatic carbocycles. The van der Waals surface area contributed by atoms with Gasteiger partial charge in [-0.2, -0.15) is 0 Å². The lowest BCUT2D eigenvalue weighted by Gasteiger charge is -2.12. The average molecular weight is 475 g/mol. The summed E-state index contributed by atoms with van der Waals surface area (Å²) in [5.41, 5.74) is 4.00. The van der Waals surface area contributed by atoms with Crippen molar-refractivity contribution in [1.29, 1.82) is 0 Å². The van der Waals surface area contributed by atoms with Crippen LogP contribution in [-0.4, -0.2) is 27.5 Å². The molecule has 0 unspecified atom stereocenters. The molecule has 33 heavy (non-hydrogen) atoms. The molecule has 0 bridgehead atoms. The summed E-state index contributed by atoms with van der Waals surface area (Å²) in [6.07, 6.45) is 1.87. The van der Waals surface area contributed by atoms with Gasteiger partial charge in [0, 0.05) is 39.2 Å². The van der Waals surface area contributed by atoms with Crippen LogP contribution < -0.4 is 16.0 Å². The van der Waals surface area contributed by atoms with E-state index in [1.807, 2.05) is 66.9 Å². The molecule has 6 nitrogen and oxygen atoms in total. The number of ketones is 1. The van der Waals surface area contributed by atoms with E-state index >= 15 is 0 Å². The van der Waals surface area contributed by atoms with Crippen LogP contribution in [0.5, 0.6) is 0 Å². The van der Waals surface area contributed by atoms with Crippen molar-refractivity contribution in [3.63, 3.8) is 0 Å². The van der Waals surface area contributed by atoms with Crippen molar-refractivity contribution in [2.45, 2.75) is 11.8 Å². The first kappa shape index (κ1) is 22.6. The van der Waals surface area contributed by atoms with Crippen molar-refractivity contribution >= 4 is 68.7 Å². The first-order valence-corrected chi connectivity index (χ1v) is 11.6. The Kier molecular flexibility index (Phi) is 7.07. The Morgan fingerprint density at radius 3 is 2.39 bits per heavy atom. The fourth-order valence-electron chi connectivity index (χ4n) is 3.22. The molecule has 0 saturated carbocycles. The van der Waals surface area contributed by atoms with Gasteiger partial charge in [-0.05, 0) is 85.2 Å². The number of thiocarbonyl (C=S) groups is 1. The fraction of sp³-hybridized carbons (Fsp3) is 0.0800. The molecule has 0 spiro atoms. The third-order valence-corrected chi connectivity index (χ3v) is 6.05. The highest BCUT2D eigenvalue weighted by Crippen LogP contribution is 2.23. The topological polar surface area (TPSA) is 86.0 Å². The molecular weight excluding hydrogens is 452 g/mol. The van der Waals surface area contributed by atoms with E-state index in [0.29, 0.717) is 10.7 Å². The van der Waals surface area contributed by atoms with E-state index in [1.165, 1.54) is 18.7 Å². The number of amides is 1. The summed E-state index contributed by atoms with van der Waals surface area (Å²) in [5, 5.41) is 10.7. The number of rotatable bonds is 7.